The predicted molar refractivity (Wildman–Crippen MR) is 134 cm³/mol. The molecule has 0 aromatic carbocycles. The van der Waals surface area contributed by atoms with E-state index < -0.39 is 68.4 Å². The Balaban J connectivity index is 1.75. The minimum atomic E-state index is -1.63. The van der Waals surface area contributed by atoms with Crippen LogP contribution in [0.15, 0.2) is 10.2 Å². The number of carbonyl (C=O) groups excluding carboxylic acids is 1. The summed E-state index contributed by atoms with van der Waals surface area (Å²) in [5.41, 5.74) is 0. The average molecular weight is 547 g/mol. The predicted octanol–water partition coefficient (Wildman–Crippen LogP) is -1.62. The van der Waals surface area contributed by atoms with E-state index in [1.165, 1.54) is 12.4 Å². The molecule has 0 bridgehead atoms. The number of aliphatic hydroxyl groups excluding tert-OH is 5. The summed E-state index contributed by atoms with van der Waals surface area (Å²) in [4.78, 5) is 11.5. The van der Waals surface area contributed by atoms with E-state index in [-0.39, 0.29) is 0 Å². The van der Waals surface area contributed by atoms with Crippen molar-refractivity contribution < 1.29 is 49.3 Å². The number of ether oxygens (including phenoxy) is 4. The van der Waals surface area contributed by atoms with Crippen LogP contribution in [0, 0.1) is 0 Å². The van der Waals surface area contributed by atoms with Crippen LogP contribution in [0.2, 0.25) is 0 Å². The number of esters is 1. The molecule has 0 saturated carbocycles. The summed E-state index contributed by atoms with van der Waals surface area (Å²) in [5.74, 6) is -0.749. The molecular weight excluding hydrogens is 504 g/mol. The van der Waals surface area contributed by atoms with Crippen molar-refractivity contribution >= 4 is 18.4 Å². The van der Waals surface area contributed by atoms with E-state index in [2.05, 4.69) is 10.2 Å². The van der Waals surface area contributed by atoms with Crippen molar-refractivity contribution in [2.75, 3.05) is 39.4 Å². The molecule has 0 aliphatic carbocycles. The van der Waals surface area contributed by atoms with Gasteiger partial charge in [0, 0.05) is 33.1 Å². The largest absolute Gasteiger partial charge is 0.457 e. The van der Waals surface area contributed by atoms with Crippen LogP contribution in [0.1, 0.15) is 45.4 Å². The van der Waals surface area contributed by atoms with E-state index in [0.717, 1.165) is 71.6 Å². The average Bonchev–Trinajstić information content (AvgIpc) is 2.93. The van der Waals surface area contributed by atoms with Crippen molar-refractivity contribution in [3.05, 3.63) is 0 Å². The quantitative estimate of drug-likeness (QED) is 0.107. The second-order valence-corrected chi connectivity index (χ2v) is 9.69. The monoisotopic (exact) mass is 546 g/mol. The van der Waals surface area contributed by atoms with E-state index in [9.17, 15) is 30.3 Å². The lowest BCUT2D eigenvalue weighted by Gasteiger charge is -2.42. The molecule has 14 nitrogen and oxygen atoms in total. The Morgan fingerprint density at radius 2 is 1.55 bits per heavy atom. The fourth-order valence-electron chi connectivity index (χ4n) is 4.61. The van der Waals surface area contributed by atoms with Crippen molar-refractivity contribution in [2.24, 2.45) is 10.2 Å². The Morgan fingerprint density at radius 1 is 0.974 bits per heavy atom. The topological polar surface area (TPSA) is 186 Å². The Hall–Kier alpha value is -1.91. The zero-order valence-corrected chi connectivity index (χ0v) is 21.8. The molecule has 3 aliphatic rings. The number of aliphatic hydroxyl groups is 5. The molecule has 0 aromatic heterocycles. The standard InChI is InChI=1S/C24H42N4O10/c1-16(31)35-23-21(33)19(15-30)38-24(22(23)34)37-17(12-25-27-8-4-2-5-9-27)18(14-29)36-20(32)13-26-28-10-6-3-7-11-28/h12-13,17-24,29-30,32-34H,2-11,14-15H2,1H3/b25-12+,26-13-/t17-,18+,19+,20+,21+,22+,23-,24+/m1/s1. The SMILES string of the molecule is CC(=O)O[C@H]1[C@H](O)[C@@H](O[C@H](/C=N/N2CCCCC2)[C@H](CO)O[C@H](O)/C=N\N2CCCCC2)O[C@@H](CO)[C@@H]1O. The fraction of sp³-hybridized carbons (Fsp3) is 0.875. The summed E-state index contributed by atoms with van der Waals surface area (Å²) in [6, 6.07) is 0. The number of hydrazone groups is 2. The highest BCUT2D eigenvalue weighted by molar-refractivity contribution is 5.66. The highest BCUT2D eigenvalue weighted by atomic mass is 16.7. The number of piperidine rings is 2. The smallest absolute Gasteiger partial charge is 0.303 e. The lowest BCUT2D eigenvalue weighted by Crippen LogP contribution is -2.61. The summed E-state index contributed by atoms with van der Waals surface area (Å²) in [6.07, 6.45) is -2.24. The van der Waals surface area contributed by atoms with Crippen LogP contribution in [0.4, 0.5) is 0 Å². The molecule has 0 spiro atoms. The van der Waals surface area contributed by atoms with Gasteiger partial charge in [-0.3, -0.25) is 14.8 Å². The summed E-state index contributed by atoms with van der Waals surface area (Å²) < 4.78 is 22.1. The summed E-state index contributed by atoms with van der Waals surface area (Å²) in [7, 11) is 0. The molecule has 0 amide bonds. The van der Waals surface area contributed by atoms with Gasteiger partial charge in [0.1, 0.15) is 30.5 Å². The first kappa shape index (κ1) is 30.6. The lowest BCUT2D eigenvalue weighted by atomic mass is 9.99. The van der Waals surface area contributed by atoms with E-state index in [4.69, 9.17) is 18.9 Å². The second-order valence-electron chi connectivity index (χ2n) is 9.69. The highest BCUT2D eigenvalue weighted by Gasteiger charge is 2.48. The molecule has 14 heteroatoms. The van der Waals surface area contributed by atoms with Crippen molar-refractivity contribution in [1.82, 2.24) is 10.0 Å². The molecule has 0 unspecified atom stereocenters. The first-order chi connectivity index (χ1) is 18.3. The second kappa shape index (κ2) is 15.6. The number of hydrogen-bond acceptors (Lipinski definition) is 14. The van der Waals surface area contributed by atoms with Crippen molar-refractivity contribution in [2.45, 2.75) is 94.7 Å². The molecule has 3 saturated heterocycles. The van der Waals surface area contributed by atoms with Crippen LogP contribution >= 0.6 is 0 Å². The van der Waals surface area contributed by atoms with Gasteiger partial charge in [0.15, 0.2) is 18.7 Å². The van der Waals surface area contributed by atoms with Gasteiger partial charge < -0.3 is 44.5 Å². The summed E-state index contributed by atoms with van der Waals surface area (Å²) in [6.45, 7) is 2.91. The van der Waals surface area contributed by atoms with E-state index in [1.54, 1.807) is 0 Å². The molecule has 0 radical (unpaired) electrons. The number of rotatable bonds is 12. The molecule has 3 aliphatic heterocycles. The minimum Gasteiger partial charge on any atom is -0.457 e. The van der Waals surface area contributed by atoms with Crippen LogP contribution in [0.25, 0.3) is 0 Å². The highest BCUT2D eigenvalue weighted by Crippen LogP contribution is 2.26. The zero-order chi connectivity index (χ0) is 27.5. The van der Waals surface area contributed by atoms with Gasteiger partial charge in [-0.1, -0.05) is 0 Å². The third-order valence-corrected chi connectivity index (χ3v) is 6.68. The number of nitrogens with zero attached hydrogens (tertiary/aromatic N) is 4. The molecular formula is C24H42N4O10. The molecule has 38 heavy (non-hydrogen) atoms. The van der Waals surface area contributed by atoms with Gasteiger partial charge in [-0.15, -0.1) is 0 Å². The van der Waals surface area contributed by atoms with Crippen molar-refractivity contribution in [3.63, 3.8) is 0 Å². The fourth-order valence-corrected chi connectivity index (χ4v) is 4.61. The third kappa shape index (κ3) is 9.09. The molecule has 0 aromatic rings. The minimum absolute atomic E-state index is 0.590. The Labute approximate surface area is 222 Å². The first-order valence-corrected chi connectivity index (χ1v) is 13.3. The van der Waals surface area contributed by atoms with Gasteiger partial charge in [0.05, 0.1) is 25.6 Å². The molecule has 5 N–H and O–H groups in total. The van der Waals surface area contributed by atoms with Crippen LogP contribution in [0.5, 0.6) is 0 Å². The van der Waals surface area contributed by atoms with Crippen LogP contribution in [-0.2, 0) is 23.7 Å². The van der Waals surface area contributed by atoms with E-state index in [1.807, 2.05) is 10.0 Å². The van der Waals surface area contributed by atoms with Gasteiger partial charge >= 0.3 is 5.97 Å². The van der Waals surface area contributed by atoms with E-state index in [0.29, 0.717) is 0 Å². The zero-order valence-electron chi connectivity index (χ0n) is 21.8. The van der Waals surface area contributed by atoms with Crippen molar-refractivity contribution in [3.8, 4) is 0 Å². The van der Waals surface area contributed by atoms with Crippen molar-refractivity contribution in [1.29, 1.82) is 0 Å². The third-order valence-electron chi connectivity index (χ3n) is 6.68. The van der Waals surface area contributed by atoms with Gasteiger partial charge in [0.2, 0.25) is 0 Å². The van der Waals surface area contributed by atoms with Crippen LogP contribution in [-0.4, -0.2) is 143 Å². The molecule has 3 rings (SSSR count). The Bertz CT molecular complexity index is 762. The van der Waals surface area contributed by atoms with Crippen LogP contribution in [0.3, 0.4) is 0 Å². The maximum Gasteiger partial charge on any atom is 0.303 e. The maximum absolute atomic E-state index is 11.5. The summed E-state index contributed by atoms with van der Waals surface area (Å²) >= 11 is 0. The maximum atomic E-state index is 11.5. The normalized spacial score (nSPS) is 31.5. The Kier molecular flexibility index (Phi) is 12.6. The molecule has 218 valence electrons. The molecule has 3 fully saturated rings. The van der Waals surface area contributed by atoms with E-state index >= 15 is 0 Å². The van der Waals surface area contributed by atoms with Crippen LogP contribution < -0.4 is 0 Å². The Morgan fingerprint density at radius 3 is 2.08 bits per heavy atom. The first-order valence-electron chi connectivity index (χ1n) is 13.3. The summed E-state index contributed by atoms with van der Waals surface area (Å²) in [5, 5.41) is 63.7. The van der Waals surface area contributed by atoms with Gasteiger partial charge in [-0.2, -0.15) is 10.2 Å². The van der Waals surface area contributed by atoms with Gasteiger partial charge in [-0.25, -0.2) is 0 Å². The molecule has 3 heterocycles. The number of carbonyl (C=O) groups is 1. The number of hydrogen-bond donors (Lipinski definition) is 5. The molecule has 8 atom stereocenters. The lowest BCUT2D eigenvalue weighted by molar-refractivity contribution is -0.315. The van der Waals surface area contributed by atoms with Gasteiger partial charge in [0.25, 0.3) is 0 Å². The van der Waals surface area contributed by atoms with Gasteiger partial charge in [-0.05, 0) is 38.5 Å².